The normalized spacial score (nSPS) is 18.4. The zero-order valence-electron chi connectivity index (χ0n) is 17.6. The van der Waals surface area contributed by atoms with Gasteiger partial charge < -0.3 is 14.4 Å². The molecule has 2 aromatic carbocycles. The van der Waals surface area contributed by atoms with Crippen molar-refractivity contribution >= 4 is 28.5 Å². The second-order valence-electron chi connectivity index (χ2n) is 7.98. The van der Waals surface area contributed by atoms with Crippen LogP contribution in [0.25, 0.3) is 10.9 Å². The van der Waals surface area contributed by atoms with E-state index in [1.54, 1.807) is 19.1 Å². The zero-order valence-corrected chi connectivity index (χ0v) is 17.6. The highest BCUT2D eigenvalue weighted by Gasteiger charge is 2.39. The van der Waals surface area contributed by atoms with Crippen molar-refractivity contribution in [1.82, 2.24) is 15.1 Å². The first-order chi connectivity index (χ1) is 15.1. The molecule has 0 bridgehead atoms. The molecule has 8 nitrogen and oxygen atoms in total. The summed E-state index contributed by atoms with van der Waals surface area (Å²) in [5.41, 5.74) is 3.09. The average Bonchev–Trinajstić information content (AvgIpc) is 3.40. The Kier molecular flexibility index (Phi) is 4.77. The van der Waals surface area contributed by atoms with Crippen molar-refractivity contribution in [3.05, 3.63) is 47.5 Å². The van der Waals surface area contributed by atoms with Crippen molar-refractivity contribution in [3.8, 4) is 11.5 Å². The molecule has 2 aliphatic heterocycles. The molecular formula is C23H24N4O4. The third kappa shape index (κ3) is 3.28. The number of aromatic nitrogens is 2. The molecule has 3 heterocycles. The van der Waals surface area contributed by atoms with Crippen LogP contribution in [0.15, 0.2) is 36.4 Å². The first-order valence-electron chi connectivity index (χ1n) is 10.3. The van der Waals surface area contributed by atoms with Crippen LogP contribution in [0.4, 0.5) is 5.82 Å². The molecule has 1 unspecified atom stereocenters. The summed E-state index contributed by atoms with van der Waals surface area (Å²) in [6.45, 7) is 1.48. The van der Waals surface area contributed by atoms with Crippen molar-refractivity contribution in [2.75, 3.05) is 32.2 Å². The van der Waals surface area contributed by atoms with E-state index in [1.807, 2.05) is 41.3 Å². The lowest BCUT2D eigenvalue weighted by molar-refractivity contribution is -0.136. The molecule has 0 spiro atoms. The number of nitrogens with one attached hydrogen (secondary N) is 1. The molecule has 1 saturated heterocycles. The van der Waals surface area contributed by atoms with Gasteiger partial charge >= 0.3 is 0 Å². The highest BCUT2D eigenvalue weighted by molar-refractivity contribution is 6.05. The van der Waals surface area contributed by atoms with Gasteiger partial charge in [-0.05, 0) is 41.8 Å². The minimum Gasteiger partial charge on any atom is -0.493 e. The Balaban J connectivity index is 1.34. The van der Waals surface area contributed by atoms with Gasteiger partial charge in [-0.2, -0.15) is 5.10 Å². The van der Waals surface area contributed by atoms with Crippen LogP contribution in [0, 0.1) is 5.92 Å². The first kappa shape index (κ1) is 19.4. The van der Waals surface area contributed by atoms with Crippen LogP contribution < -0.4 is 14.4 Å². The minimum atomic E-state index is -0.371. The van der Waals surface area contributed by atoms with Crippen molar-refractivity contribution < 1.29 is 19.1 Å². The van der Waals surface area contributed by atoms with E-state index in [0.29, 0.717) is 37.0 Å². The molecular weight excluding hydrogens is 396 g/mol. The van der Waals surface area contributed by atoms with Gasteiger partial charge in [0, 0.05) is 31.4 Å². The number of hydrogen-bond donors (Lipinski definition) is 1. The highest BCUT2D eigenvalue weighted by atomic mass is 16.5. The van der Waals surface area contributed by atoms with E-state index < -0.39 is 0 Å². The molecule has 5 rings (SSSR count). The second-order valence-corrected chi connectivity index (χ2v) is 7.98. The maximum Gasteiger partial charge on any atom is 0.229 e. The smallest absolute Gasteiger partial charge is 0.229 e. The minimum absolute atomic E-state index is 0.0103. The molecule has 0 aliphatic carbocycles. The van der Waals surface area contributed by atoms with E-state index in [1.165, 1.54) is 0 Å². The third-order valence-corrected chi connectivity index (χ3v) is 6.21. The van der Waals surface area contributed by atoms with Crippen LogP contribution in [0.5, 0.6) is 11.5 Å². The summed E-state index contributed by atoms with van der Waals surface area (Å²) in [6, 6.07) is 11.6. The summed E-state index contributed by atoms with van der Waals surface area (Å²) in [5, 5.41) is 8.18. The fourth-order valence-corrected chi connectivity index (χ4v) is 4.56. The van der Waals surface area contributed by atoms with Gasteiger partial charge in [0.2, 0.25) is 11.8 Å². The molecule has 1 atom stereocenters. The van der Waals surface area contributed by atoms with E-state index in [2.05, 4.69) is 10.2 Å². The number of anilines is 1. The van der Waals surface area contributed by atoms with E-state index in [9.17, 15) is 9.59 Å². The van der Waals surface area contributed by atoms with Gasteiger partial charge in [0.1, 0.15) is 0 Å². The summed E-state index contributed by atoms with van der Waals surface area (Å²) < 4.78 is 10.8. The van der Waals surface area contributed by atoms with Crippen LogP contribution >= 0.6 is 0 Å². The summed E-state index contributed by atoms with van der Waals surface area (Å²) in [6.07, 6.45) is 0.950. The molecule has 160 valence electrons. The van der Waals surface area contributed by atoms with Crippen LogP contribution in [-0.4, -0.2) is 54.2 Å². The maximum absolute atomic E-state index is 13.3. The average molecular weight is 420 g/mol. The van der Waals surface area contributed by atoms with Gasteiger partial charge in [0.05, 0.1) is 25.7 Å². The molecule has 3 aromatic rings. The van der Waals surface area contributed by atoms with E-state index in [0.717, 1.165) is 28.5 Å². The Morgan fingerprint density at radius 3 is 2.65 bits per heavy atom. The Labute approximate surface area is 179 Å². The van der Waals surface area contributed by atoms with Crippen molar-refractivity contribution in [3.63, 3.8) is 0 Å². The molecule has 0 saturated carbocycles. The number of methoxy groups -OCH3 is 2. The highest BCUT2D eigenvalue weighted by Crippen LogP contribution is 2.35. The topological polar surface area (TPSA) is 87.8 Å². The predicted molar refractivity (Wildman–Crippen MR) is 115 cm³/mol. The standard InChI is InChI=1S/C23H24N4O4/c1-30-19-9-14-7-8-26(12-15(14)10-20(19)31-2)23(29)16-11-21(28)27(13-16)22-17-5-3-4-6-18(17)24-25-22/h3-6,9-10,16H,7-8,11-13H2,1-2H3,(H,24,25). The van der Waals surface area contributed by atoms with E-state index in [4.69, 9.17) is 9.47 Å². The van der Waals surface area contributed by atoms with E-state index in [-0.39, 0.29) is 24.2 Å². The third-order valence-electron chi connectivity index (χ3n) is 6.21. The number of H-pyrrole nitrogens is 1. The first-order valence-corrected chi connectivity index (χ1v) is 10.3. The van der Waals surface area contributed by atoms with Gasteiger partial charge in [-0.1, -0.05) is 12.1 Å². The molecule has 2 aliphatic rings. The predicted octanol–water partition coefficient (Wildman–Crippen LogP) is 2.52. The maximum atomic E-state index is 13.3. The van der Waals surface area contributed by atoms with E-state index >= 15 is 0 Å². The number of amides is 2. The lowest BCUT2D eigenvalue weighted by atomic mass is 9.97. The fraction of sp³-hybridized carbons (Fsp3) is 0.348. The molecule has 2 amide bonds. The quantitative estimate of drug-likeness (QED) is 0.701. The number of aromatic amines is 1. The van der Waals surface area contributed by atoms with Gasteiger partial charge in [-0.3, -0.25) is 19.6 Å². The molecule has 31 heavy (non-hydrogen) atoms. The number of carbonyl (C=O) groups is 2. The molecule has 1 N–H and O–H groups in total. The number of ether oxygens (including phenoxy) is 2. The Morgan fingerprint density at radius 1 is 1.13 bits per heavy atom. The van der Waals surface area contributed by atoms with Crippen LogP contribution in [0.2, 0.25) is 0 Å². The summed E-state index contributed by atoms with van der Waals surface area (Å²) in [4.78, 5) is 29.5. The Bertz CT molecular complexity index is 1170. The second kappa shape index (κ2) is 7.61. The molecule has 0 radical (unpaired) electrons. The summed E-state index contributed by atoms with van der Waals surface area (Å²) >= 11 is 0. The number of nitrogens with zero attached hydrogens (tertiary/aromatic N) is 3. The van der Waals surface area contributed by atoms with Gasteiger partial charge in [0.25, 0.3) is 0 Å². The number of carbonyl (C=O) groups excluding carboxylic acids is 2. The molecule has 1 aromatic heterocycles. The van der Waals surface area contributed by atoms with Gasteiger partial charge in [-0.25, -0.2) is 0 Å². The van der Waals surface area contributed by atoms with Crippen molar-refractivity contribution in [2.45, 2.75) is 19.4 Å². The van der Waals surface area contributed by atoms with Crippen LogP contribution in [0.1, 0.15) is 17.5 Å². The van der Waals surface area contributed by atoms with Crippen LogP contribution in [-0.2, 0) is 22.6 Å². The SMILES string of the molecule is COc1cc2c(cc1OC)CN(C(=O)C1CC(=O)N(c3n[nH]c4ccccc34)C1)CC2. The number of hydrogen-bond acceptors (Lipinski definition) is 5. The molecule has 8 heteroatoms. The largest absolute Gasteiger partial charge is 0.493 e. The van der Waals surface area contributed by atoms with Crippen LogP contribution in [0.3, 0.4) is 0 Å². The van der Waals surface area contributed by atoms with Crippen molar-refractivity contribution in [2.24, 2.45) is 5.92 Å². The monoisotopic (exact) mass is 420 g/mol. The van der Waals surface area contributed by atoms with Crippen molar-refractivity contribution in [1.29, 1.82) is 0 Å². The molecule has 1 fully saturated rings. The number of rotatable bonds is 4. The number of para-hydroxylation sites is 1. The number of benzene rings is 2. The lowest BCUT2D eigenvalue weighted by Crippen LogP contribution is -2.40. The number of fused-ring (bicyclic) bond motifs is 2. The lowest BCUT2D eigenvalue weighted by Gasteiger charge is -2.31. The Morgan fingerprint density at radius 2 is 1.87 bits per heavy atom. The van der Waals surface area contributed by atoms with Gasteiger partial charge in [-0.15, -0.1) is 0 Å². The van der Waals surface area contributed by atoms with Gasteiger partial charge in [0.15, 0.2) is 17.3 Å². The Hall–Kier alpha value is -3.55. The summed E-state index contributed by atoms with van der Waals surface area (Å²) in [7, 11) is 3.22. The summed E-state index contributed by atoms with van der Waals surface area (Å²) in [5.74, 6) is 1.52. The fourth-order valence-electron chi connectivity index (χ4n) is 4.56. The zero-order chi connectivity index (χ0) is 21.5.